The lowest BCUT2D eigenvalue weighted by atomic mass is 10.2. The first-order chi connectivity index (χ1) is 12.2. The van der Waals surface area contributed by atoms with Crippen LogP contribution in [0.3, 0.4) is 0 Å². The van der Waals surface area contributed by atoms with Crippen molar-refractivity contribution >= 4 is 47.6 Å². The third kappa shape index (κ3) is 4.64. The van der Waals surface area contributed by atoms with E-state index in [-0.39, 0.29) is 10.9 Å². The average Bonchev–Trinajstić information content (AvgIpc) is 2.99. The number of likely N-dealkylation sites (tertiary alicyclic amines) is 1. The molecule has 2 aromatic rings. The normalized spacial score (nSPS) is 18.3. The Labute approximate surface area is 169 Å². The number of halogens is 3. The van der Waals surface area contributed by atoms with Gasteiger partial charge in [-0.2, -0.15) is 0 Å². The Morgan fingerprint density at radius 2 is 1.92 bits per heavy atom. The van der Waals surface area contributed by atoms with Crippen LogP contribution in [0.25, 0.3) is 0 Å². The summed E-state index contributed by atoms with van der Waals surface area (Å²) < 4.78 is 42.3. The van der Waals surface area contributed by atoms with Gasteiger partial charge >= 0.3 is 0 Å². The number of benzene rings is 2. The van der Waals surface area contributed by atoms with E-state index in [1.807, 2.05) is 12.1 Å². The minimum absolute atomic E-state index is 0.0671. The van der Waals surface area contributed by atoms with Gasteiger partial charge in [0.2, 0.25) is 10.0 Å². The summed E-state index contributed by atoms with van der Waals surface area (Å²) in [7, 11) is -3.66. The van der Waals surface area contributed by atoms with Gasteiger partial charge in [-0.15, -0.1) is 0 Å². The number of rotatable bonds is 5. The van der Waals surface area contributed by atoms with E-state index in [0.717, 1.165) is 33.2 Å². The third-order valence-corrected chi connectivity index (χ3v) is 6.94. The number of nitrogens with two attached hydrogens (primary N) is 1. The molecule has 3 rings (SSSR count). The number of hydrogen-bond acceptors (Lipinski definition) is 4. The quantitative estimate of drug-likeness (QED) is 0.609. The maximum Gasteiger partial charge on any atom is 0.240 e. The molecule has 0 aliphatic carbocycles. The van der Waals surface area contributed by atoms with Crippen LogP contribution in [-0.2, 0) is 16.6 Å². The molecule has 1 aliphatic heterocycles. The molecule has 1 atom stereocenters. The molecule has 0 bridgehead atoms. The summed E-state index contributed by atoms with van der Waals surface area (Å²) in [6, 6.07) is 8.49. The molecular formula is C17H18Br2FN3O2S. The Hall–Kier alpha value is -1.00. The van der Waals surface area contributed by atoms with Gasteiger partial charge in [-0.1, -0.05) is 15.9 Å². The Morgan fingerprint density at radius 1 is 1.23 bits per heavy atom. The monoisotopic (exact) mass is 505 g/mol. The first kappa shape index (κ1) is 19.8. The van der Waals surface area contributed by atoms with Crippen LogP contribution >= 0.6 is 31.9 Å². The first-order valence-electron chi connectivity index (χ1n) is 7.98. The van der Waals surface area contributed by atoms with Gasteiger partial charge in [0.05, 0.1) is 10.6 Å². The van der Waals surface area contributed by atoms with Gasteiger partial charge in [0.25, 0.3) is 0 Å². The highest BCUT2D eigenvalue weighted by atomic mass is 79.9. The predicted octanol–water partition coefficient (Wildman–Crippen LogP) is 3.49. The highest BCUT2D eigenvalue weighted by Gasteiger charge is 2.27. The number of hydrogen-bond donors (Lipinski definition) is 2. The second kappa shape index (κ2) is 7.93. The largest absolute Gasteiger partial charge is 0.398 e. The summed E-state index contributed by atoms with van der Waals surface area (Å²) in [5, 5.41) is 0. The highest BCUT2D eigenvalue weighted by molar-refractivity contribution is 9.11. The average molecular weight is 507 g/mol. The fraction of sp³-hybridized carbons (Fsp3) is 0.294. The van der Waals surface area contributed by atoms with E-state index in [2.05, 4.69) is 41.5 Å². The van der Waals surface area contributed by atoms with E-state index < -0.39 is 15.8 Å². The number of nitrogens with zero attached hydrogens (tertiary/aromatic N) is 1. The van der Waals surface area contributed by atoms with E-state index in [4.69, 9.17) is 5.73 Å². The van der Waals surface area contributed by atoms with Gasteiger partial charge in [-0.25, -0.2) is 17.5 Å². The molecule has 1 heterocycles. The molecule has 26 heavy (non-hydrogen) atoms. The van der Waals surface area contributed by atoms with Crippen molar-refractivity contribution in [1.29, 1.82) is 0 Å². The third-order valence-electron chi connectivity index (χ3n) is 4.29. The number of nitrogens with one attached hydrogen (secondary N) is 1. The molecule has 5 nitrogen and oxygen atoms in total. The molecule has 3 N–H and O–H groups in total. The van der Waals surface area contributed by atoms with Crippen LogP contribution in [0.2, 0.25) is 0 Å². The molecule has 0 unspecified atom stereocenters. The molecule has 0 aromatic heterocycles. The van der Waals surface area contributed by atoms with Crippen LogP contribution in [-0.4, -0.2) is 32.4 Å². The maximum atomic E-state index is 13.0. The second-order valence-corrected chi connectivity index (χ2v) is 9.74. The fourth-order valence-corrected chi connectivity index (χ4v) is 5.56. The van der Waals surface area contributed by atoms with Crippen LogP contribution in [0.4, 0.5) is 10.1 Å². The Bertz CT molecular complexity index is 907. The first-order valence-corrected chi connectivity index (χ1v) is 11.0. The Kier molecular flexibility index (Phi) is 6.03. The zero-order chi connectivity index (χ0) is 18.9. The molecule has 0 spiro atoms. The van der Waals surface area contributed by atoms with Crippen molar-refractivity contribution in [3.05, 3.63) is 56.7 Å². The van der Waals surface area contributed by atoms with Gasteiger partial charge in [-0.05, 0) is 64.3 Å². The summed E-state index contributed by atoms with van der Waals surface area (Å²) in [6.45, 7) is 1.99. The van der Waals surface area contributed by atoms with Crippen LogP contribution in [0.15, 0.2) is 50.2 Å². The lowest BCUT2D eigenvalue weighted by Gasteiger charge is -2.18. The molecule has 140 valence electrons. The molecule has 1 saturated heterocycles. The van der Waals surface area contributed by atoms with Crippen molar-refractivity contribution in [2.45, 2.75) is 23.9 Å². The molecule has 0 amide bonds. The predicted molar refractivity (Wildman–Crippen MR) is 107 cm³/mol. The second-order valence-electron chi connectivity index (χ2n) is 6.26. The maximum absolute atomic E-state index is 13.0. The van der Waals surface area contributed by atoms with Crippen molar-refractivity contribution in [3.63, 3.8) is 0 Å². The molecule has 9 heteroatoms. The van der Waals surface area contributed by atoms with Crippen molar-refractivity contribution < 1.29 is 12.8 Å². The van der Waals surface area contributed by atoms with E-state index in [9.17, 15) is 12.8 Å². The van der Waals surface area contributed by atoms with Gasteiger partial charge < -0.3 is 5.73 Å². The summed E-state index contributed by atoms with van der Waals surface area (Å²) in [4.78, 5) is 2.22. The van der Waals surface area contributed by atoms with Crippen LogP contribution in [0.5, 0.6) is 0 Å². The van der Waals surface area contributed by atoms with Gasteiger partial charge in [0, 0.05) is 34.6 Å². The lowest BCUT2D eigenvalue weighted by molar-refractivity contribution is 0.325. The Balaban J connectivity index is 1.65. The highest BCUT2D eigenvalue weighted by Crippen LogP contribution is 2.30. The van der Waals surface area contributed by atoms with E-state index in [0.29, 0.717) is 25.2 Å². The minimum Gasteiger partial charge on any atom is -0.398 e. The van der Waals surface area contributed by atoms with Gasteiger partial charge in [-0.3, -0.25) is 4.90 Å². The minimum atomic E-state index is -3.66. The number of sulfonamides is 1. The zero-order valence-electron chi connectivity index (χ0n) is 13.8. The molecule has 2 aromatic carbocycles. The standard InChI is InChI=1S/C17H18Br2FN3O2S/c18-12-7-11(17(21)16(19)8-12)9-23-6-5-14(10-23)22-26(24,25)15-3-1-13(20)2-4-15/h1-4,7-8,14,22H,5-6,9-10,21H2/t14-/m1/s1. The summed E-state index contributed by atoms with van der Waals surface area (Å²) in [6.07, 6.45) is 0.704. The van der Waals surface area contributed by atoms with E-state index in [1.165, 1.54) is 12.1 Å². The molecule has 1 fully saturated rings. The smallest absolute Gasteiger partial charge is 0.240 e. The van der Waals surface area contributed by atoms with Crippen molar-refractivity contribution in [1.82, 2.24) is 9.62 Å². The number of anilines is 1. The number of nitrogen functional groups attached to an aromatic ring is 1. The summed E-state index contributed by atoms with van der Waals surface area (Å²) in [5.74, 6) is -0.464. The van der Waals surface area contributed by atoms with Gasteiger partial charge in [0.15, 0.2) is 0 Å². The fourth-order valence-electron chi connectivity index (χ4n) is 2.98. The molecule has 0 radical (unpaired) electrons. The van der Waals surface area contributed by atoms with Crippen molar-refractivity contribution in [3.8, 4) is 0 Å². The van der Waals surface area contributed by atoms with Crippen LogP contribution in [0.1, 0.15) is 12.0 Å². The lowest BCUT2D eigenvalue weighted by Crippen LogP contribution is -2.37. The topological polar surface area (TPSA) is 75.4 Å². The van der Waals surface area contributed by atoms with Crippen LogP contribution < -0.4 is 10.5 Å². The van der Waals surface area contributed by atoms with Gasteiger partial charge in [0.1, 0.15) is 5.82 Å². The van der Waals surface area contributed by atoms with Crippen molar-refractivity contribution in [2.75, 3.05) is 18.8 Å². The zero-order valence-corrected chi connectivity index (χ0v) is 17.7. The van der Waals surface area contributed by atoms with Crippen LogP contribution in [0, 0.1) is 5.82 Å². The van der Waals surface area contributed by atoms with E-state index >= 15 is 0 Å². The molecular weight excluding hydrogens is 489 g/mol. The SMILES string of the molecule is Nc1c(Br)cc(Br)cc1CN1CC[C@@H](NS(=O)(=O)c2ccc(F)cc2)C1. The molecule has 0 saturated carbocycles. The van der Waals surface area contributed by atoms with E-state index in [1.54, 1.807) is 0 Å². The Morgan fingerprint density at radius 3 is 2.62 bits per heavy atom. The van der Waals surface area contributed by atoms with Crippen molar-refractivity contribution in [2.24, 2.45) is 0 Å². The summed E-state index contributed by atoms with van der Waals surface area (Å²) >= 11 is 6.89. The summed E-state index contributed by atoms with van der Waals surface area (Å²) in [5.41, 5.74) is 7.78. The molecule has 1 aliphatic rings.